The third-order valence-corrected chi connectivity index (χ3v) is 2.01. The molecule has 2 rings (SSSR count). The van der Waals surface area contributed by atoms with Crippen molar-refractivity contribution in [3.05, 3.63) is 50.4 Å². The van der Waals surface area contributed by atoms with Gasteiger partial charge in [-0.25, -0.2) is 9.89 Å². The zero-order valence-corrected chi connectivity index (χ0v) is 8.03. The zero-order valence-electron chi connectivity index (χ0n) is 8.03. The normalized spacial score (nSPS) is 10.2. The molecule has 0 aliphatic carbocycles. The first-order valence-electron chi connectivity index (χ1n) is 4.38. The standard InChI is InChI=1S/C8H7N5O3/c14-8-9-10-11-12(8)5-6-1-3-7(4-2-6)13(15)16/h1-4H,5H2,(H,9,11,14). The number of nitrogens with zero attached hydrogens (tertiary/aromatic N) is 4. The molecule has 1 aromatic carbocycles. The van der Waals surface area contributed by atoms with E-state index in [0.717, 1.165) is 10.2 Å². The molecule has 0 atom stereocenters. The Morgan fingerprint density at radius 1 is 1.38 bits per heavy atom. The fourth-order valence-corrected chi connectivity index (χ4v) is 1.22. The van der Waals surface area contributed by atoms with Gasteiger partial charge in [-0.15, -0.1) is 0 Å². The van der Waals surface area contributed by atoms with Crippen LogP contribution in [-0.4, -0.2) is 25.1 Å². The lowest BCUT2D eigenvalue weighted by Crippen LogP contribution is -2.18. The number of hydrogen-bond acceptors (Lipinski definition) is 5. The maximum absolute atomic E-state index is 11.1. The number of hydrogen-bond donors (Lipinski definition) is 1. The van der Waals surface area contributed by atoms with Crippen molar-refractivity contribution in [2.45, 2.75) is 6.54 Å². The van der Waals surface area contributed by atoms with Gasteiger partial charge in [0.25, 0.3) is 5.69 Å². The van der Waals surface area contributed by atoms with E-state index in [0.29, 0.717) is 0 Å². The Labute approximate surface area is 88.7 Å². The van der Waals surface area contributed by atoms with E-state index >= 15 is 0 Å². The maximum atomic E-state index is 11.1. The highest BCUT2D eigenvalue weighted by Crippen LogP contribution is 2.11. The van der Waals surface area contributed by atoms with E-state index in [1.165, 1.54) is 12.1 Å². The molecule has 0 bridgehead atoms. The third-order valence-electron chi connectivity index (χ3n) is 2.01. The van der Waals surface area contributed by atoms with Crippen LogP contribution in [0.4, 0.5) is 5.69 Å². The number of nitrogens with one attached hydrogen (secondary N) is 1. The first-order chi connectivity index (χ1) is 7.66. The van der Waals surface area contributed by atoms with E-state index in [-0.39, 0.29) is 12.2 Å². The summed E-state index contributed by atoms with van der Waals surface area (Å²) < 4.78 is 1.13. The summed E-state index contributed by atoms with van der Waals surface area (Å²) in [6.45, 7) is 0.229. The molecule has 82 valence electrons. The molecule has 16 heavy (non-hydrogen) atoms. The topological polar surface area (TPSA) is 107 Å². The third kappa shape index (κ3) is 1.95. The van der Waals surface area contributed by atoms with E-state index < -0.39 is 10.6 Å². The van der Waals surface area contributed by atoms with E-state index in [2.05, 4.69) is 15.5 Å². The van der Waals surface area contributed by atoms with Gasteiger partial charge < -0.3 is 0 Å². The summed E-state index contributed by atoms with van der Waals surface area (Å²) in [5, 5.41) is 19.4. The van der Waals surface area contributed by atoms with Crippen LogP contribution in [0.15, 0.2) is 29.1 Å². The van der Waals surface area contributed by atoms with Gasteiger partial charge in [0.15, 0.2) is 0 Å². The Balaban J connectivity index is 2.20. The Bertz CT molecular complexity index is 556. The number of benzene rings is 1. The fourth-order valence-electron chi connectivity index (χ4n) is 1.22. The Hall–Kier alpha value is -2.51. The van der Waals surface area contributed by atoms with Crippen molar-refractivity contribution in [3.63, 3.8) is 0 Å². The van der Waals surface area contributed by atoms with Crippen LogP contribution < -0.4 is 5.69 Å². The van der Waals surface area contributed by atoms with Crippen LogP contribution >= 0.6 is 0 Å². The van der Waals surface area contributed by atoms with Gasteiger partial charge in [0.05, 0.1) is 11.5 Å². The van der Waals surface area contributed by atoms with Crippen molar-refractivity contribution < 1.29 is 4.92 Å². The van der Waals surface area contributed by atoms with E-state index in [9.17, 15) is 14.9 Å². The predicted octanol–water partition coefficient (Wildman–Crippen LogP) is -0.0771. The van der Waals surface area contributed by atoms with Gasteiger partial charge in [0.1, 0.15) is 0 Å². The molecule has 0 spiro atoms. The van der Waals surface area contributed by atoms with Gasteiger partial charge in [0.2, 0.25) is 0 Å². The lowest BCUT2D eigenvalue weighted by molar-refractivity contribution is -0.384. The number of H-pyrrole nitrogens is 1. The van der Waals surface area contributed by atoms with E-state index in [4.69, 9.17) is 0 Å². The molecule has 2 aromatic rings. The first kappa shape index (κ1) is 10.0. The van der Waals surface area contributed by atoms with Crippen molar-refractivity contribution in [1.29, 1.82) is 0 Å². The van der Waals surface area contributed by atoms with Gasteiger partial charge in [-0.1, -0.05) is 12.1 Å². The molecule has 0 radical (unpaired) electrons. The summed E-state index contributed by atoms with van der Waals surface area (Å²) in [5.41, 5.74) is 0.330. The summed E-state index contributed by atoms with van der Waals surface area (Å²) >= 11 is 0. The van der Waals surface area contributed by atoms with Crippen molar-refractivity contribution in [2.75, 3.05) is 0 Å². The Kier molecular flexibility index (Phi) is 2.46. The molecule has 0 aliphatic heterocycles. The predicted molar refractivity (Wildman–Crippen MR) is 52.8 cm³/mol. The van der Waals surface area contributed by atoms with Crippen molar-refractivity contribution in [1.82, 2.24) is 20.2 Å². The van der Waals surface area contributed by atoms with Crippen LogP contribution in [0.25, 0.3) is 0 Å². The van der Waals surface area contributed by atoms with Crippen molar-refractivity contribution in [2.24, 2.45) is 0 Å². The number of nitro groups is 1. The molecule has 8 nitrogen and oxygen atoms in total. The SMILES string of the molecule is O=c1[nH]nnn1Cc1ccc([N+](=O)[O-])cc1. The van der Waals surface area contributed by atoms with Crippen LogP contribution in [0.3, 0.4) is 0 Å². The summed E-state index contributed by atoms with van der Waals surface area (Å²) in [7, 11) is 0. The molecular formula is C8H7N5O3. The minimum atomic E-state index is -0.480. The number of aromatic nitrogens is 4. The average Bonchev–Trinajstić information content (AvgIpc) is 2.65. The lowest BCUT2D eigenvalue weighted by Gasteiger charge is -1.98. The molecule has 1 heterocycles. The van der Waals surface area contributed by atoms with Crippen LogP contribution in [-0.2, 0) is 6.54 Å². The summed E-state index contributed by atoms with van der Waals surface area (Å²) in [6.07, 6.45) is 0. The van der Waals surface area contributed by atoms with Crippen molar-refractivity contribution >= 4 is 5.69 Å². The number of rotatable bonds is 3. The molecule has 0 aliphatic rings. The highest BCUT2D eigenvalue weighted by molar-refractivity contribution is 5.32. The highest BCUT2D eigenvalue weighted by Gasteiger charge is 2.05. The molecule has 0 fully saturated rings. The molecule has 0 amide bonds. The number of non-ortho nitro benzene ring substituents is 1. The largest absolute Gasteiger partial charge is 0.361 e. The van der Waals surface area contributed by atoms with Crippen LogP contribution in [0.2, 0.25) is 0 Å². The van der Waals surface area contributed by atoms with Crippen LogP contribution in [0, 0.1) is 10.1 Å². The molecule has 1 N–H and O–H groups in total. The van der Waals surface area contributed by atoms with Gasteiger partial charge in [-0.2, -0.15) is 4.68 Å². The molecule has 1 aromatic heterocycles. The zero-order chi connectivity index (χ0) is 11.5. The summed E-state index contributed by atoms with van der Waals surface area (Å²) in [4.78, 5) is 21.0. The van der Waals surface area contributed by atoms with Gasteiger partial charge >= 0.3 is 5.69 Å². The number of nitro benzene ring substituents is 1. The Morgan fingerprint density at radius 3 is 2.56 bits per heavy atom. The summed E-state index contributed by atoms with van der Waals surface area (Å²) in [6, 6.07) is 5.89. The minimum Gasteiger partial charge on any atom is -0.258 e. The number of aromatic amines is 1. The fraction of sp³-hybridized carbons (Fsp3) is 0.125. The molecular weight excluding hydrogens is 214 g/mol. The van der Waals surface area contributed by atoms with Crippen LogP contribution in [0.1, 0.15) is 5.56 Å². The number of tetrazole rings is 1. The Morgan fingerprint density at radius 2 is 2.06 bits per heavy atom. The second-order valence-corrected chi connectivity index (χ2v) is 3.09. The smallest absolute Gasteiger partial charge is 0.258 e. The molecule has 0 unspecified atom stereocenters. The average molecular weight is 221 g/mol. The second kappa shape index (κ2) is 3.93. The van der Waals surface area contributed by atoms with Gasteiger partial charge in [0, 0.05) is 12.1 Å². The molecule has 8 heteroatoms. The van der Waals surface area contributed by atoms with Gasteiger partial charge in [-0.3, -0.25) is 10.1 Å². The van der Waals surface area contributed by atoms with Crippen LogP contribution in [0.5, 0.6) is 0 Å². The highest BCUT2D eigenvalue weighted by atomic mass is 16.6. The van der Waals surface area contributed by atoms with Crippen molar-refractivity contribution in [3.8, 4) is 0 Å². The minimum absolute atomic E-state index is 0.0104. The van der Waals surface area contributed by atoms with Gasteiger partial charge in [-0.05, 0) is 16.0 Å². The first-order valence-corrected chi connectivity index (χ1v) is 4.38. The monoisotopic (exact) mass is 221 g/mol. The molecule has 0 saturated heterocycles. The van der Waals surface area contributed by atoms with E-state index in [1.807, 2.05) is 0 Å². The van der Waals surface area contributed by atoms with E-state index in [1.54, 1.807) is 12.1 Å². The summed E-state index contributed by atoms with van der Waals surface area (Å²) in [5.74, 6) is 0. The second-order valence-electron chi connectivity index (χ2n) is 3.09. The maximum Gasteiger partial charge on any atom is 0.361 e. The quantitative estimate of drug-likeness (QED) is 0.576. The lowest BCUT2D eigenvalue weighted by atomic mass is 10.2. The molecule has 0 saturated carbocycles.